The van der Waals surface area contributed by atoms with Gasteiger partial charge in [-0.25, -0.2) is 0 Å². The van der Waals surface area contributed by atoms with Gasteiger partial charge in [0.2, 0.25) is 11.8 Å². The van der Waals surface area contributed by atoms with Gasteiger partial charge in [0.05, 0.1) is 6.54 Å². The molecule has 2 aromatic carbocycles. The van der Waals surface area contributed by atoms with Gasteiger partial charge in [0.25, 0.3) is 5.91 Å². The van der Waals surface area contributed by atoms with Crippen molar-refractivity contribution in [1.29, 1.82) is 0 Å². The van der Waals surface area contributed by atoms with Crippen molar-refractivity contribution in [3.63, 3.8) is 0 Å². The maximum absolute atomic E-state index is 12.8. The van der Waals surface area contributed by atoms with Gasteiger partial charge in [0.1, 0.15) is 19.0 Å². The lowest BCUT2D eigenvalue weighted by molar-refractivity contribution is -0.141. The molecule has 158 valence electrons. The van der Waals surface area contributed by atoms with Crippen LogP contribution in [0.5, 0.6) is 5.75 Å². The molecular weight excluding hydrogens is 406 g/mol. The van der Waals surface area contributed by atoms with Crippen LogP contribution in [0.3, 0.4) is 0 Å². The lowest BCUT2D eigenvalue weighted by atomic mass is 10.3. The first-order valence-corrected chi connectivity index (χ1v) is 10.1. The monoisotopic (exact) mass is 429 g/mol. The van der Waals surface area contributed by atoms with Crippen LogP contribution >= 0.6 is 11.6 Å². The third-order valence-corrected chi connectivity index (χ3v) is 4.92. The molecule has 3 amide bonds. The van der Waals surface area contributed by atoms with Crippen molar-refractivity contribution in [2.45, 2.75) is 13.3 Å². The Bertz CT molecular complexity index is 906. The van der Waals surface area contributed by atoms with E-state index in [1.165, 1.54) is 14.7 Å². The fourth-order valence-electron chi connectivity index (χ4n) is 3.16. The highest BCUT2D eigenvalue weighted by atomic mass is 35.5. The van der Waals surface area contributed by atoms with Gasteiger partial charge in [-0.05, 0) is 36.8 Å². The van der Waals surface area contributed by atoms with Crippen LogP contribution in [0.1, 0.15) is 13.3 Å². The van der Waals surface area contributed by atoms with E-state index in [4.69, 9.17) is 16.3 Å². The van der Waals surface area contributed by atoms with E-state index in [0.29, 0.717) is 29.4 Å². The number of benzene rings is 2. The number of amides is 3. The number of carbonyl (C=O) groups excluding carboxylic acids is 3. The highest BCUT2D eigenvalue weighted by Crippen LogP contribution is 2.23. The summed E-state index contributed by atoms with van der Waals surface area (Å²) in [7, 11) is 0. The average Bonchev–Trinajstić information content (AvgIpc) is 3.14. The van der Waals surface area contributed by atoms with Crippen LogP contribution in [0.4, 0.5) is 5.69 Å². The smallest absolute Gasteiger partial charge is 0.260 e. The van der Waals surface area contributed by atoms with Crippen molar-refractivity contribution in [1.82, 2.24) is 9.80 Å². The van der Waals surface area contributed by atoms with Crippen LogP contribution in [-0.4, -0.2) is 60.4 Å². The van der Waals surface area contributed by atoms with Crippen molar-refractivity contribution in [3.8, 4) is 5.75 Å². The third-order valence-electron chi connectivity index (χ3n) is 4.69. The molecule has 1 fully saturated rings. The summed E-state index contributed by atoms with van der Waals surface area (Å²) in [6.07, 6.45) is 0.706. The van der Waals surface area contributed by atoms with Crippen molar-refractivity contribution in [3.05, 3.63) is 59.6 Å². The molecule has 1 aliphatic heterocycles. The zero-order chi connectivity index (χ0) is 21.5. The number of anilines is 1. The quantitative estimate of drug-likeness (QED) is 0.647. The summed E-state index contributed by atoms with van der Waals surface area (Å²) >= 11 is 6.01. The fraction of sp³-hybridized carbons (Fsp3) is 0.318. The minimum absolute atomic E-state index is 0.0278. The van der Waals surface area contributed by atoms with E-state index in [1.807, 2.05) is 25.1 Å². The molecule has 0 radical (unpaired) electrons. The Morgan fingerprint density at radius 1 is 1.13 bits per heavy atom. The van der Waals surface area contributed by atoms with Crippen molar-refractivity contribution in [2.75, 3.05) is 37.8 Å². The molecule has 0 aliphatic carbocycles. The molecule has 1 heterocycles. The van der Waals surface area contributed by atoms with Crippen LogP contribution < -0.4 is 9.64 Å². The van der Waals surface area contributed by atoms with Gasteiger partial charge in [0, 0.05) is 17.3 Å². The maximum atomic E-state index is 12.8. The van der Waals surface area contributed by atoms with Gasteiger partial charge in [-0.1, -0.05) is 42.8 Å². The fourth-order valence-corrected chi connectivity index (χ4v) is 3.35. The van der Waals surface area contributed by atoms with Crippen molar-refractivity contribution >= 4 is 35.0 Å². The van der Waals surface area contributed by atoms with Gasteiger partial charge in [0.15, 0.2) is 6.61 Å². The summed E-state index contributed by atoms with van der Waals surface area (Å²) in [5.41, 5.74) is 0.639. The zero-order valence-corrected chi connectivity index (χ0v) is 17.5. The SMILES string of the molecule is CCCN(CC(=O)N1CC(=O)N(c2cccc(Cl)c2)C1)C(=O)COc1ccccc1. The Balaban J connectivity index is 1.59. The van der Waals surface area contributed by atoms with Crippen LogP contribution in [0.25, 0.3) is 0 Å². The molecule has 0 saturated carbocycles. The van der Waals surface area contributed by atoms with Gasteiger partial charge in [-0.3, -0.25) is 19.3 Å². The standard InChI is InChI=1S/C22H24ClN3O4/c1-2-11-24(22(29)15-30-19-9-4-3-5-10-19)13-20(27)25-14-21(28)26(16-25)18-8-6-7-17(23)12-18/h3-10,12H,2,11,13-16H2,1H3. The number of nitrogens with zero attached hydrogens (tertiary/aromatic N) is 3. The molecule has 8 heteroatoms. The second kappa shape index (κ2) is 10.1. The van der Waals surface area contributed by atoms with E-state index in [1.54, 1.807) is 36.4 Å². The Labute approximate surface area is 180 Å². The second-order valence-electron chi connectivity index (χ2n) is 6.95. The summed E-state index contributed by atoms with van der Waals surface area (Å²) in [5.74, 6) is -0.150. The predicted molar refractivity (Wildman–Crippen MR) is 114 cm³/mol. The molecule has 0 unspecified atom stereocenters. The molecule has 1 saturated heterocycles. The number of rotatable bonds is 8. The minimum Gasteiger partial charge on any atom is -0.484 e. The Kier molecular flexibility index (Phi) is 7.30. The third kappa shape index (κ3) is 5.51. The summed E-state index contributed by atoms with van der Waals surface area (Å²) < 4.78 is 5.51. The maximum Gasteiger partial charge on any atom is 0.260 e. The molecule has 0 N–H and O–H groups in total. The molecular formula is C22H24ClN3O4. The molecule has 0 bridgehead atoms. The van der Waals surface area contributed by atoms with Gasteiger partial charge in [-0.2, -0.15) is 0 Å². The van der Waals surface area contributed by atoms with E-state index in [9.17, 15) is 14.4 Å². The number of carbonyl (C=O) groups is 3. The molecule has 7 nitrogen and oxygen atoms in total. The summed E-state index contributed by atoms with van der Waals surface area (Å²) in [6.45, 7) is 2.23. The van der Waals surface area contributed by atoms with Gasteiger partial charge < -0.3 is 14.5 Å². The van der Waals surface area contributed by atoms with Crippen molar-refractivity contribution < 1.29 is 19.1 Å². The lowest BCUT2D eigenvalue weighted by Crippen LogP contribution is -2.44. The first-order chi connectivity index (χ1) is 14.5. The Morgan fingerprint density at radius 2 is 1.90 bits per heavy atom. The van der Waals surface area contributed by atoms with Crippen molar-refractivity contribution in [2.24, 2.45) is 0 Å². The topological polar surface area (TPSA) is 70.2 Å². The van der Waals surface area contributed by atoms with Crippen LogP contribution in [0.15, 0.2) is 54.6 Å². The second-order valence-corrected chi connectivity index (χ2v) is 7.39. The number of hydrogen-bond acceptors (Lipinski definition) is 4. The van der Waals surface area contributed by atoms with E-state index in [0.717, 1.165) is 0 Å². The van der Waals surface area contributed by atoms with Gasteiger partial charge in [-0.15, -0.1) is 0 Å². The van der Waals surface area contributed by atoms with Crippen LogP contribution in [0, 0.1) is 0 Å². The molecule has 0 spiro atoms. The first-order valence-electron chi connectivity index (χ1n) is 9.77. The van der Waals surface area contributed by atoms with Gasteiger partial charge >= 0.3 is 0 Å². The van der Waals surface area contributed by atoms with E-state index < -0.39 is 0 Å². The highest BCUT2D eigenvalue weighted by molar-refractivity contribution is 6.31. The average molecular weight is 430 g/mol. The molecule has 30 heavy (non-hydrogen) atoms. The van der Waals surface area contributed by atoms with Crippen LogP contribution in [-0.2, 0) is 14.4 Å². The number of ether oxygens (including phenoxy) is 1. The van der Waals surface area contributed by atoms with E-state index in [2.05, 4.69) is 0 Å². The number of hydrogen-bond donors (Lipinski definition) is 0. The summed E-state index contributed by atoms with van der Waals surface area (Å²) in [4.78, 5) is 42.2. The number of para-hydroxylation sites is 1. The number of halogens is 1. The zero-order valence-electron chi connectivity index (χ0n) is 16.8. The first kappa shape index (κ1) is 21.6. The van der Waals surface area contributed by atoms with Crippen LogP contribution in [0.2, 0.25) is 5.02 Å². The summed E-state index contributed by atoms with van der Waals surface area (Å²) in [5, 5.41) is 0.517. The Morgan fingerprint density at radius 3 is 2.60 bits per heavy atom. The highest BCUT2D eigenvalue weighted by Gasteiger charge is 2.33. The van der Waals surface area contributed by atoms with E-state index >= 15 is 0 Å². The summed E-state index contributed by atoms with van der Waals surface area (Å²) in [6, 6.07) is 16.0. The predicted octanol–water partition coefficient (Wildman–Crippen LogP) is 2.79. The molecule has 2 aromatic rings. The lowest BCUT2D eigenvalue weighted by Gasteiger charge is -2.24. The molecule has 0 atom stereocenters. The minimum atomic E-state index is -0.283. The molecule has 3 rings (SSSR count). The van der Waals surface area contributed by atoms with E-state index in [-0.39, 0.29) is 44.1 Å². The molecule has 1 aliphatic rings. The Hall–Kier alpha value is -3.06. The molecule has 0 aromatic heterocycles. The largest absolute Gasteiger partial charge is 0.484 e. The normalized spacial score (nSPS) is 13.5.